The zero-order valence-electron chi connectivity index (χ0n) is 21.2. The van der Waals surface area contributed by atoms with Gasteiger partial charge in [0, 0.05) is 37.6 Å². The van der Waals surface area contributed by atoms with Crippen LogP contribution in [-0.2, 0) is 4.79 Å². The summed E-state index contributed by atoms with van der Waals surface area (Å²) in [5.74, 6) is -0.0254. The van der Waals surface area contributed by atoms with Gasteiger partial charge in [-0.05, 0) is 55.8 Å². The quantitative estimate of drug-likeness (QED) is 0.417. The summed E-state index contributed by atoms with van der Waals surface area (Å²) in [6, 6.07) is 27.2. The van der Waals surface area contributed by atoms with Crippen molar-refractivity contribution in [2.24, 2.45) is 0 Å². The summed E-state index contributed by atoms with van der Waals surface area (Å²) in [5, 5.41) is 7.30. The molecule has 5 rings (SSSR count). The smallest absolute Gasteiger partial charge is 0.350 e. The van der Waals surface area contributed by atoms with E-state index in [0.29, 0.717) is 0 Å². The molecule has 1 N–H and O–H groups in total. The molecule has 1 aromatic heterocycles. The van der Waals surface area contributed by atoms with Gasteiger partial charge in [0.15, 0.2) is 0 Å². The molecule has 1 unspecified atom stereocenters. The van der Waals surface area contributed by atoms with Crippen molar-refractivity contribution >= 4 is 17.3 Å². The molecule has 4 aromatic rings. The van der Waals surface area contributed by atoms with Gasteiger partial charge in [-0.25, -0.2) is 14.0 Å². The average molecular weight is 497 g/mol. The van der Waals surface area contributed by atoms with Gasteiger partial charge in [-0.15, -0.1) is 0 Å². The third-order valence-corrected chi connectivity index (χ3v) is 6.76. The van der Waals surface area contributed by atoms with E-state index in [1.165, 1.54) is 4.68 Å². The summed E-state index contributed by atoms with van der Waals surface area (Å²) in [6.07, 6.45) is 1.57. The van der Waals surface area contributed by atoms with Crippen LogP contribution in [0, 0.1) is 0 Å². The molecule has 1 aliphatic rings. The number of anilines is 2. The Morgan fingerprint density at radius 2 is 1.41 bits per heavy atom. The Labute approximate surface area is 216 Å². The van der Waals surface area contributed by atoms with Crippen LogP contribution in [0.5, 0.6) is 0 Å². The number of carbonyl (C=O) groups excluding carboxylic acids is 1. The normalized spacial score (nSPS) is 15.1. The van der Waals surface area contributed by atoms with Crippen LogP contribution in [0.1, 0.15) is 31.5 Å². The van der Waals surface area contributed by atoms with Crippen LogP contribution in [0.2, 0.25) is 0 Å². The third-order valence-electron chi connectivity index (χ3n) is 6.76. The van der Waals surface area contributed by atoms with Crippen LogP contribution in [0.3, 0.4) is 0 Å². The molecule has 0 saturated carbocycles. The highest BCUT2D eigenvalue weighted by Crippen LogP contribution is 2.26. The minimum atomic E-state index is -0.365. The molecule has 37 heavy (non-hydrogen) atoms. The van der Waals surface area contributed by atoms with Crippen molar-refractivity contribution in [3.63, 3.8) is 0 Å². The molecule has 0 aliphatic carbocycles. The standard InChI is InChI=1S/C29H32N6O2/c1-22(2)35-29(37)34(21-30-35)26-15-13-25(14-16-26)32-17-19-33(20-18-32)27(23-9-5-3-6-10-23)28(36)31-24-11-7-4-8-12-24/h3-16,21-22,27H,17-20H2,1-2H3,(H,31,36). The molecule has 2 heterocycles. The van der Waals surface area contributed by atoms with Crippen molar-refractivity contribution in [3.05, 3.63) is 107 Å². The van der Waals surface area contributed by atoms with Crippen molar-refractivity contribution in [1.82, 2.24) is 19.2 Å². The monoisotopic (exact) mass is 496 g/mol. The topological polar surface area (TPSA) is 75.4 Å². The van der Waals surface area contributed by atoms with E-state index in [4.69, 9.17) is 0 Å². The molecule has 1 fully saturated rings. The summed E-state index contributed by atoms with van der Waals surface area (Å²) in [6.45, 7) is 6.98. The highest BCUT2D eigenvalue weighted by atomic mass is 16.2. The maximum absolute atomic E-state index is 13.4. The number of benzene rings is 3. The van der Waals surface area contributed by atoms with Gasteiger partial charge in [-0.3, -0.25) is 9.69 Å². The zero-order chi connectivity index (χ0) is 25.8. The second-order valence-electron chi connectivity index (χ2n) is 9.53. The minimum absolute atomic E-state index is 0.0128. The highest BCUT2D eigenvalue weighted by Gasteiger charge is 2.30. The third kappa shape index (κ3) is 5.34. The fourth-order valence-corrected chi connectivity index (χ4v) is 4.81. The average Bonchev–Trinajstić information content (AvgIpc) is 3.32. The minimum Gasteiger partial charge on any atom is -0.369 e. The molecule has 0 bridgehead atoms. The first kappa shape index (κ1) is 24.5. The summed E-state index contributed by atoms with van der Waals surface area (Å²) < 4.78 is 3.04. The molecular weight excluding hydrogens is 464 g/mol. The first-order valence-electron chi connectivity index (χ1n) is 12.7. The van der Waals surface area contributed by atoms with E-state index >= 15 is 0 Å². The SMILES string of the molecule is CC(C)n1ncn(-c2ccc(N3CCN(C(C(=O)Nc4ccccc4)c4ccccc4)CC3)cc2)c1=O. The van der Waals surface area contributed by atoms with Crippen LogP contribution in [-0.4, -0.2) is 51.3 Å². The largest absolute Gasteiger partial charge is 0.369 e. The maximum atomic E-state index is 13.4. The van der Waals surface area contributed by atoms with Gasteiger partial charge < -0.3 is 10.2 Å². The van der Waals surface area contributed by atoms with Crippen LogP contribution < -0.4 is 15.9 Å². The lowest BCUT2D eigenvalue weighted by atomic mass is 10.0. The fraction of sp³-hybridized carbons (Fsp3) is 0.276. The van der Waals surface area contributed by atoms with Crippen LogP contribution in [0.4, 0.5) is 11.4 Å². The zero-order valence-corrected chi connectivity index (χ0v) is 21.2. The van der Waals surface area contributed by atoms with Crippen molar-refractivity contribution < 1.29 is 4.79 Å². The maximum Gasteiger partial charge on any atom is 0.350 e. The van der Waals surface area contributed by atoms with Gasteiger partial charge in [0.2, 0.25) is 5.91 Å². The Kier molecular flexibility index (Phi) is 7.18. The number of para-hydroxylation sites is 1. The number of carbonyl (C=O) groups is 1. The van der Waals surface area contributed by atoms with Gasteiger partial charge >= 0.3 is 5.69 Å². The first-order chi connectivity index (χ1) is 18.0. The predicted octanol–water partition coefficient (Wildman–Crippen LogP) is 4.12. The summed E-state index contributed by atoms with van der Waals surface area (Å²) in [4.78, 5) is 30.6. The van der Waals surface area contributed by atoms with Crippen molar-refractivity contribution in [2.45, 2.75) is 25.9 Å². The molecule has 0 spiro atoms. The van der Waals surface area contributed by atoms with E-state index in [-0.39, 0.29) is 23.7 Å². The predicted molar refractivity (Wildman–Crippen MR) is 146 cm³/mol. The Hall–Kier alpha value is -4.17. The van der Waals surface area contributed by atoms with Crippen LogP contribution >= 0.6 is 0 Å². The summed E-state index contributed by atoms with van der Waals surface area (Å²) in [7, 11) is 0. The molecule has 1 amide bonds. The fourth-order valence-electron chi connectivity index (χ4n) is 4.81. The van der Waals surface area contributed by atoms with E-state index in [9.17, 15) is 9.59 Å². The molecule has 190 valence electrons. The highest BCUT2D eigenvalue weighted by molar-refractivity contribution is 5.95. The van der Waals surface area contributed by atoms with E-state index in [1.807, 2.05) is 98.8 Å². The van der Waals surface area contributed by atoms with Gasteiger partial charge in [0.1, 0.15) is 12.4 Å². The van der Waals surface area contributed by atoms with Crippen molar-refractivity contribution in [3.8, 4) is 5.69 Å². The molecule has 0 radical (unpaired) electrons. The number of hydrogen-bond acceptors (Lipinski definition) is 5. The summed E-state index contributed by atoms with van der Waals surface area (Å²) >= 11 is 0. The second kappa shape index (κ2) is 10.8. The van der Waals surface area contributed by atoms with Gasteiger partial charge in [0.25, 0.3) is 0 Å². The first-order valence-corrected chi connectivity index (χ1v) is 12.7. The number of hydrogen-bond donors (Lipinski definition) is 1. The molecule has 3 aromatic carbocycles. The van der Waals surface area contributed by atoms with Crippen molar-refractivity contribution in [1.29, 1.82) is 0 Å². The Morgan fingerprint density at radius 1 is 0.811 bits per heavy atom. The Morgan fingerprint density at radius 3 is 2.00 bits per heavy atom. The molecular formula is C29H32N6O2. The Balaban J connectivity index is 1.28. The van der Waals surface area contributed by atoms with Gasteiger partial charge in [-0.1, -0.05) is 48.5 Å². The lowest BCUT2D eigenvalue weighted by Gasteiger charge is -2.39. The lowest BCUT2D eigenvalue weighted by Crippen LogP contribution is -2.50. The lowest BCUT2D eigenvalue weighted by molar-refractivity contribution is -0.121. The van der Waals surface area contributed by atoms with Gasteiger partial charge in [0.05, 0.1) is 11.7 Å². The van der Waals surface area contributed by atoms with E-state index in [1.54, 1.807) is 10.9 Å². The van der Waals surface area contributed by atoms with E-state index < -0.39 is 0 Å². The van der Waals surface area contributed by atoms with Crippen LogP contribution in [0.25, 0.3) is 5.69 Å². The number of amides is 1. The van der Waals surface area contributed by atoms with E-state index in [2.05, 4.69) is 20.2 Å². The van der Waals surface area contributed by atoms with Crippen molar-refractivity contribution in [2.75, 3.05) is 36.4 Å². The second-order valence-corrected chi connectivity index (χ2v) is 9.53. The molecule has 8 nitrogen and oxygen atoms in total. The molecule has 8 heteroatoms. The molecule has 1 atom stereocenters. The number of piperazine rings is 1. The number of rotatable bonds is 7. The molecule has 1 saturated heterocycles. The van der Waals surface area contributed by atoms with Crippen LogP contribution in [0.15, 0.2) is 96.1 Å². The number of nitrogens with one attached hydrogen (secondary N) is 1. The number of nitrogens with zero attached hydrogens (tertiary/aromatic N) is 5. The van der Waals surface area contributed by atoms with Gasteiger partial charge in [-0.2, -0.15) is 5.10 Å². The Bertz CT molecular complexity index is 1370. The van der Waals surface area contributed by atoms with E-state index in [0.717, 1.165) is 48.8 Å². The summed E-state index contributed by atoms with van der Waals surface area (Å²) in [5.41, 5.74) is 3.53. The number of aromatic nitrogens is 3. The molecule has 1 aliphatic heterocycles.